The van der Waals surface area contributed by atoms with E-state index in [0.717, 1.165) is 4.88 Å². The fourth-order valence-corrected chi connectivity index (χ4v) is 2.48. The van der Waals surface area contributed by atoms with E-state index in [-0.39, 0.29) is 11.8 Å². The Hall–Kier alpha value is -2.15. The second-order valence-corrected chi connectivity index (χ2v) is 6.22. The van der Waals surface area contributed by atoms with E-state index >= 15 is 0 Å². The molecule has 0 bridgehead atoms. The van der Waals surface area contributed by atoms with Crippen LogP contribution in [0, 0.1) is 0 Å². The average molecular weight is 307 g/mol. The first-order chi connectivity index (χ1) is 9.82. The Kier molecular flexibility index (Phi) is 4.13. The zero-order chi connectivity index (χ0) is 15.6. The number of aromatic nitrogens is 2. The molecule has 0 radical (unpaired) electrons. The summed E-state index contributed by atoms with van der Waals surface area (Å²) in [5.41, 5.74) is -1.16. The van der Waals surface area contributed by atoms with Crippen LogP contribution in [0.3, 0.4) is 0 Å². The molecular formula is C14H17N3O3S. The maximum absolute atomic E-state index is 12.1. The summed E-state index contributed by atoms with van der Waals surface area (Å²) < 4.78 is 1.32. The molecule has 2 aromatic rings. The van der Waals surface area contributed by atoms with Gasteiger partial charge in [0.05, 0.1) is 5.92 Å². The van der Waals surface area contributed by atoms with Crippen LogP contribution < -0.4 is 5.32 Å². The third-order valence-corrected chi connectivity index (χ3v) is 4.35. The number of rotatable bonds is 5. The lowest BCUT2D eigenvalue weighted by atomic mass is 10.1. The molecule has 112 valence electrons. The number of carboxylic acid groups (broad SMARTS) is 1. The highest BCUT2D eigenvalue weighted by Crippen LogP contribution is 2.22. The van der Waals surface area contributed by atoms with Crippen LogP contribution >= 0.6 is 11.3 Å². The van der Waals surface area contributed by atoms with Crippen LogP contribution in [-0.2, 0) is 15.1 Å². The van der Waals surface area contributed by atoms with E-state index in [2.05, 4.69) is 10.4 Å². The standard InChI is InChI=1S/C14H17N3O3S/c1-9(10-5-4-8-21-10)12(18)15-11-6-7-17(16-11)14(2,3)13(19)20/h4-9H,1-3H3,(H,19,20)(H,15,16,18)/t9-/m1/s1. The Balaban J connectivity index is 2.09. The molecule has 2 aromatic heterocycles. The maximum Gasteiger partial charge on any atom is 0.331 e. The second-order valence-electron chi connectivity index (χ2n) is 5.24. The number of anilines is 1. The van der Waals surface area contributed by atoms with Crippen LogP contribution in [0.2, 0.25) is 0 Å². The molecule has 0 aliphatic heterocycles. The van der Waals surface area contributed by atoms with Gasteiger partial charge in [0.15, 0.2) is 11.4 Å². The molecule has 0 aromatic carbocycles. The van der Waals surface area contributed by atoms with E-state index in [9.17, 15) is 9.59 Å². The van der Waals surface area contributed by atoms with Crippen LogP contribution in [0.4, 0.5) is 5.82 Å². The highest BCUT2D eigenvalue weighted by molar-refractivity contribution is 7.10. The third-order valence-electron chi connectivity index (χ3n) is 3.30. The number of aliphatic carboxylic acids is 1. The highest BCUT2D eigenvalue weighted by atomic mass is 32.1. The predicted molar refractivity (Wildman–Crippen MR) is 80.5 cm³/mol. The number of carbonyl (C=O) groups is 2. The van der Waals surface area contributed by atoms with Crippen LogP contribution in [0.15, 0.2) is 29.8 Å². The van der Waals surface area contributed by atoms with Gasteiger partial charge in [0.2, 0.25) is 5.91 Å². The number of amides is 1. The van der Waals surface area contributed by atoms with Gasteiger partial charge in [-0.3, -0.25) is 9.48 Å². The minimum absolute atomic E-state index is 0.171. The van der Waals surface area contributed by atoms with Gasteiger partial charge >= 0.3 is 5.97 Å². The summed E-state index contributed by atoms with van der Waals surface area (Å²) in [5, 5.41) is 17.9. The van der Waals surface area contributed by atoms with Gasteiger partial charge in [0, 0.05) is 17.1 Å². The zero-order valence-corrected chi connectivity index (χ0v) is 12.8. The van der Waals surface area contributed by atoms with Crippen molar-refractivity contribution in [3.63, 3.8) is 0 Å². The molecule has 1 amide bonds. The summed E-state index contributed by atoms with van der Waals surface area (Å²) in [4.78, 5) is 24.3. The molecular weight excluding hydrogens is 290 g/mol. The summed E-state index contributed by atoms with van der Waals surface area (Å²) in [5.74, 6) is -1.09. The Morgan fingerprint density at radius 1 is 1.43 bits per heavy atom. The number of hydrogen-bond donors (Lipinski definition) is 2. The molecule has 7 heteroatoms. The van der Waals surface area contributed by atoms with E-state index < -0.39 is 11.5 Å². The number of nitrogens with zero attached hydrogens (tertiary/aromatic N) is 2. The second kappa shape index (κ2) is 5.69. The Labute approximate surface area is 126 Å². The van der Waals surface area contributed by atoms with Gasteiger partial charge in [-0.25, -0.2) is 4.79 Å². The van der Waals surface area contributed by atoms with E-state index in [4.69, 9.17) is 5.11 Å². The Bertz CT molecular complexity index is 646. The maximum atomic E-state index is 12.1. The predicted octanol–water partition coefficient (Wildman–Crippen LogP) is 2.51. The lowest BCUT2D eigenvalue weighted by molar-refractivity contribution is -0.146. The van der Waals surface area contributed by atoms with Crippen LogP contribution in [0.1, 0.15) is 31.6 Å². The number of hydrogen-bond acceptors (Lipinski definition) is 4. The lowest BCUT2D eigenvalue weighted by Crippen LogP contribution is -2.36. The van der Waals surface area contributed by atoms with Crippen molar-refractivity contribution in [2.45, 2.75) is 32.2 Å². The van der Waals surface area contributed by atoms with Gasteiger partial charge < -0.3 is 10.4 Å². The average Bonchev–Trinajstić information content (AvgIpc) is 3.08. The lowest BCUT2D eigenvalue weighted by Gasteiger charge is -2.19. The van der Waals surface area contributed by atoms with Crippen LogP contribution in [-0.4, -0.2) is 26.8 Å². The summed E-state index contributed by atoms with van der Waals surface area (Å²) in [6.07, 6.45) is 1.54. The summed E-state index contributed by atoms with van der Waals surface area (Å²) >= 11 is 1.52. The number of nitrogens with one attached hydrogen (secondary N) is 1. The van der Waals surface area contributed by atoms with Gasteiger partial charge in [-0.05, 0) is 32.2 Å². The van der Waals surface area contributed by atoms with Gasteiger partial charge in [-0.15, -0.1) is 11.3 Å². The largest absolute Gasteiger partial charge is 0.479 e. The zero-order valence-electron chi connectivity index (χ0n) is 12.0. The van der Waals surface area contributed by atoms with Crippen molar-refractivity contribution < 1.29 is 14.7 Å². The molecule has 0 aliphatic carbocycles. The Morgan fingerprint density at radius 2 is 2.14 bits per heavy atom. The van der Waals surface area contributed by atoms with Gasteiger partial charge in [0.1, 0.15) is 0 Å². The molecule has 0 spiro atoms. The molecule has 21 heavy (non-hydrogen) atoms. The van der Waals surface area contributed by atoms with Gasteiger partial charge in [-0.2, -0.15) is 5.10 Å². The molecule has 1 atom stereocenters. The van der Waals surface area contributed by atoms with Crippen molar-refractivity contribution in [2.75, 3.05) is 5.32 Å². The highest BCUT2D eigenvalue weighted by Gasteiger charge is 2.30. The quantitative estimate of drug-likeness (QED) is 0.889. The molecule has 0 aliphatic rings. The monoisotopic (exact) mass is 307 g/mol. The van der Waals surface area contributed by atoms with E-state index in [1.54, 1.807) is 26.1 Å². The van der Waals surface area contributed by atoms with Crippen molar-refractivity contribution in [1.82, 2.24) is 9.78 Å². The molecule has 2 N–H and O–H groups in total. The minimum atomic E-state index is -1.16. The first-order valence-electron chi connectivity index (χ1n) is 6.46. The van der Waals surface area contributed by atoms with Crippen molar-refractivity contribution in [2.24, 2.45) is 0 Å². The number of carboxylic acids is 1. The number of carbonyl (C=O) groups excluding carboxylic acids is 1. The number of thiophene rings is 1. The fourth-order valence-electron chi connectivity index (χ4n) is 1.70. The van der Waals surface area contributed by atoms with Crippen molar-refractivity contribution >= 4 is 29.0 Å². The van der Waals surface area contributed by atoms with E-state index in [1.165, 1.54) is 16.0 Å². The first kappa shape index (κ1) is 15.2. The van der Waals surface area contributed by atoms with Crippen molar-refractivity contribution in [1.29, 1.82) is 0 Å². The molecule has 0 fully saturated rings. The SMILES string of the molecule is C[C@@H](C(=O)Nc1ccn(C(C)(C)C(=O)O)n1)c1cccs1. The first-order valence-corrected chi connectivity index (χ1v) is 7.34. The Morgan fingerprint density at radius 3 is 2.71 bits per heavy atom. The van der Waals surface area contributed by atoms with E-state index in [1.807, 2.05) is 24.4 Å². The summed E-state index contributed by atoms with van der Waals surface area (Å²) in [6, 6.07) is 5.39. The van der Waals surface area contributed by atoms with Crippen LogP contribution in [0.25, 0.3) is 0 Å². The third kappa shape index (κ3) is 3.13. The minimum Gasteiger partial charge on any atom is -0.479 e. The van der Waals surface area contributed by atoms with Crippen LogP contribution in [0.5, 0.6) is 0 Å². The molecule has 2 rings (SSSR count). The topological polar surface area (TPSA) is 84.2 Å². The summed E-state index contributed by atoms with van der Waals surface area (Å²) in [6.45, 7) is 4.91. The fraction of sp³-hybridized carbons (Fsp3) is 0.357. The normalized spacial score (nSPS) is 12.9. The molecule has 2 heterocycles. The van der Waals surface area contributed by atoms with E-state index in [0.29, 0.717) is 5.82 Å². The molecule has 0 saturated carbocycles. The summed E-state index contributed by atoms with van der Waals surface area (Å²) in [7, 11) is 0. The molecule has 0 unspecified atom stereocenters. The van der Waals surface area contributed by atoms with Gasteiger partial charge in [0.25, 0.3) is 0 Å². The van der Waals surface area contributed by atoms with Crippen molar-refractivity contribution in [3.8, 4) is 0 Å². The van der Waals surface area contributed by atoms with Gasteiger partial charge in [-0.1, -0.05) is 6.07 Å². The smallest absolute Gasteiger partial charge is 0.331 e. The molecule has 6 nitrogen and oxygen atoms in total. The van der Waals surface area contributed by atoms with Crippen molar-refractivity contribution in [3.05, 3.63) is 34.7 Å². The molecule has 0 saturated heterocycles.